The third-order valence-electron chi connectivity index (χ3n) is 5.81. The first-order chi connectivity index (χ1) is 18.9. The number of carbonyl (C=O) groups is 1. The summed E-state index contributed by atoms with van der Waals surface area (Å²) in [5, 5.41) is 12.4. The molecule has 0 radical (unpaired) electrons. The van der Waals surface area contributed by atoms with Gasteiger partial charge in [0.2, 0.25) is 0 Å². The zero-order valence-electron chi connectivity index (χ0n) is 21.6. The molecule has 0 saturated heterocycles. The molecule has 0 unspecified atom stereocenters. The van der Waals surface area contributed by atoms with Gasteiger partial charge in [-0.25, -0.2) is 0 Å². The molecule has 0 aliphatic rings. The van der Waals surface area contributed by atoms with Gasteiger partial charge < -0.3 is 19.5 Å². The van der Waals surface area contributed by atoms with Crippen molar-refractivity contribution in [1.29, 1.82) is 5.26 Å². The van der Waals surface area contributed by atoms with Crippen LogP contribution >= 0.6 is 15.9 Å². The van der Waals surface area contributed by atoms with Crippen LogP contribution in [0.25, 0.3) is 6.08 Å². The Kier molecular flexibility index (Phi) is 9.39. The molecule has 0 atom stereocenters. The molecule has 0 aliphatic heterocycles. The van der Waals surface area contributed by atoms with E-state index >= 15 is 0 Å². The fraction of sp³-hybridized carbons (Fsp3) is 0.125. The number of carbonyl (C=O) groups excluding carboxylic acids is 1. The van der Waals surface area contributed by atoms with Gasteiger partial charge in [-0.05, 0) is 78.2 Å². The van der Waals surface area contributed by atoms with Gasteiger partial charge in [-0.2, -0.15) is 5.26 Å². The van der Waals surface area contributed by atoms with Crippen molar-refractivity contribution in [2.24, 2.45) is 0 Å². The van der Waals surface area contributed by atoms with Crippen LogP contribution in [0.5, 0.6) is 17.2 Å². The number of amides is 1. The Labute approximate surface area is 236 Å². The number of anilines is 1. The molecule has 0 saturated carbocycles. The standard InChI is InChI=1S/C32H27BrN2O4/c1-22-3-5-23(6-4-22)21-39-30-16-9-25(18-31(30)37-2)17-26(19-34)32(36)35-28-12-14-29(15-13-28)38-20-24-7-10-27(33)11-8-24/h3-18H,20-21H2,1-2H3,(H,35,36)/b26-17+. The third kappa shape index (κ3) is 7.97. The van der Waals surface area contributed by atoms with Crippen LogP contribution in [0.15, 0.2) is 101 Å². The Bertz CT molecular complexity index is 1490. The predicted molar refractivity (Wildman–Crippen MR) is 156 cm³/mol. The first-order valence-corrected chi connectivity index (χ1v) is 13.0. The average Bonchev–Trinajstić information content (AvgIpc) is 2.96. The molecule has 196 valence electrons. The molecule has 4 aromatic carbocycles. The molecule has 0 heterocycles. The van der Waals surface area contributed by atoms with Crippen LogP contribution in [0.1, 0.15) is 22.3 Å². The first kappa shape index (κ1) is 27.5. The Morgan fingerprint density at radius 2 is 1.51 bits per heavy atom. The third-order valence-corrected chi connectivity index (χ3v) is 6.34. The maximum absolute atomic E-state index is 12.8. The topological polar surface area (TPSA) is 80.6 Å². The second-order valence-corrected chi connectivity index (χ2v) is 9.66. The van der Waals surface area contributed by atoms with E-state index < -0.39 is 5.91 Å². The molecule has 1 N–H and O–H groups in total. The summed E-state index contributed by atoms with van der Waals surface area (Å²) in [6, 6.07) is 30.2. The summed E-state index contributed by atoms with van der Waals surface area (Å²) in [6.45, 7) is 2.86. The van der Waals surface area contributed by atoms with E-state index in [1.54, 1.807) is 49.6 Å². The summed E-state index contributed by atoms with van der Waals surface area (Å²) in [4.78, 5) is 12.8. The van der Waals surface area contributed by atoms with Crippen molar-refractivity contribution in [2.75, 3.05) is 12.4 Å². The average molecular weight is 583 g/mol. The molecule has 39 heavy (non-hydrogen) atoms. The Hall–Kier alpha value is -4.54. The van der Waals surface area contributed by atoms with Crippen LogP contribution < -0.4 is 19.5 Å². The second kappa shape index (κ2) is 13.3. The Morgan fingerprint density at radius 3 is 2.15 bits per heavy atom. The summed E-state index contributed by atoms with van der Waals surface area (Å²) < 4.78 is 18.2. The molecule has 0 aromatic heterocycles. The van der Waals surface area contributed by atoms with Crippen molar-refractivity contribution < 1.29 is 19.0 Å². The number of halogens is 1. The number of nitrogens with one attached hydrogen (secondary N) is 1. The highest BCUT2D eigenvalue weighted by Crippen LogP contribution is 2.30. The second-order valence-electron chi connectivity index (χ2n) is 8.75. The van der Waals surface area contributed by atoms with Crippen LogP contribution in [0.2, 0.25) is 0 Å². The van der Waals surface area contributed by atoms with E-state index in [0.717, 1.165) is 15.6 Å². The summed E-state index contributed by atoms with van der Waals surface area (Å²) in [6.07, 6.45) is 1.51. The van der Waals surface area contributed by atoms with Gasteiger partial charge in [-0.3, -0.25) is 4.79 Å². The first-order valence-electron chi connectivity index (χ1n) is 12.2. The molecule has 0 spiro atoms. The van der Waals surface area contributed by atoms with E-state index in [1.807, 2.05) is 61.5 Å². The van der Waals surface area contributed by atoms with Gasteiger partial charge in [0.25, 0.3) is 5.91 Å². The van der Waals surface area contributed by atoms with Gasteiger partial charge in [0, 0.05) is 10.2 Å². The number of rotatable bonds is 10. The Morgan fingerprint density at radius 1 is 0.872 bits per heavy atom. The number of ether oxygens (including phenoxy) is 3. The van der Waals surface area contributed by atoms with Gasteiger partial charge >= 0.3 is 0 Å². The minimum Gasteiger partial charge on any atom is -0.493 e. The Balaban J connectivity index is 1.37. The molecule has 1 amide bonds. The maximum Gasteiger partial charge on any atom is 0.266 e. The molecule has 6 nitrogen and oxygen atoms in total. The van der Waals surface area contributed by atoms with E-state index in [1.165, 1.54) is 11.6 Å². The number of hydrogen-bond donors (Lipinski definition) is 1. The van der Waals surface area contributed by atoms with Crippen molar-refractivity contribution in [3.8, 4) is 23.3 Å². The minimum atomic E-state index is -0.514. The molecule has 4 aromatic rings. The number of aryl methyl sites for hydroxylation is 1. The van der Waals surface area contributed by atoms with Gasteiger partial charge in [-0.15, -0.1) is 0 Å². The molecule has 0 aliphatic carbocycles. The van der Waals surface area contributed by atoms with Crippen molar-refractivity contribution in [3.05, 3.63) is 123 Å². The van der Waals surface area contributed by atoms with E-state index in [-0.39, 0.29) is 5.57 Å². The lowest BCUT2D eigenvalue weighted by Crippen LogP contribution is -2.13. The smallest absolute Gasteiger partial charge is 0.266 e. The summed E-state index contributed by atoms with van der Waals surface area (Å²) in [5.74, 6) is 1.23. The largest absolute Gasteiger partial charge is 0.493 e. The van der Waals surface area contributed by atoms with E-state index in [9.17, 15) is 10.1 Å². The zero-order chi connectivity index (χ0) is 27.6. The van der Waals surface area contributed by atoms with E-state index in [4.69, 9.17) is 14.2 Å². The number of nitriles is 1. The summed E-state index contributed by atoms with van der Waals surface area (Å²) in [7, 11) is 1.55. The normalized spacial score (nSPS) is 10.9. The number of nitrogens with zero attached hydrogens (tertiary/aromatic N) is 1. The van der Waals surface area contributed by atoms with E-state index in [2.05, 4.69) is 21.2 Å². The van der Waals surface area contributed by atoms with Crippen LogP contribution in [-0.4, -0.2) is 13.0 Å². The highest BCUT2D eigenvalue weighted by molar-refractivity contribution is 9.10. The SMILES string of the molecule is COc1cc(/C=C(\C#N)C(=O)Nc2ccc(OCc3ccc(Br)cc3)cc2)ccc1OCc1ccc(C)cc1. The molecule has 0 fully saturated rings. The highest BCUT2D eigenvalue weighted by Gasteiger charge is 2.12. The lowest BCUT2D eigenvalue weighted by Gasteiger charge is -2.12. The lowest BCUT2D eigenvalue weighted by molar-refractivity contribution is -0.112. The van der Waals surface area contributed by atoms with Crippen molar-refractivity contribution >= 4 is 33.6 Å². The lowest BCUT2D eigenvalue weighted by atomic mass is 10.1. The zero-order valence-corrected chi connectivity index (χ0v) is 23.2. The highest BCUT2D eigenvalue weighted by atomic mass is 79.9. The molecule has 0 bridgehead atoms. The van der Waals surface area contributed by atoms with Gasteiger partial charge in [-0.1, -0.05) is 64.0 Å². The minimum absolute atomic E-state index is 0.0408. The summed E-state index contributed by atoms with van der Waals surface area (Å²) >= 11 is 3.42. The fourth-order valence-corrected chi connectivity index (χ4v) is 3.90. The molecule has 4 rings (SSSR count). The maximum atomic E-state index is 12.8. The van der Waals surface area contributed by atoms with E-state index in [0.29, 0.717) is 41.7 Å². The predicted octanol–water partition coefficient (Wildman–Crippen LogP) is 7.47. The molecular formula is C32H27BrN2O4. The number of hydrogen-bond acceptors (Lipinski definition) is 5. The van der Waals surface area contributed by atoms with Gasteiger partial charge in [0.1, 0.15) is 30.6 Å². The molecular weight excluding hydrogens is 556 g/mol. The molecule has 7 heteroatoms. The number of methoxy groups -OCH3 is 1. The van der Waals surface area contributed by atoms with Crippen LogP contribution in [-0.2, 0) is 18.0 Å². The quantitative estimate of drug-likeness (QED) is 0.155. The monoisotopic (exact) mass is 582 g/mol. The summed E-state index contributed by atoms with van der Waals surface area (Å²) in [5.41, 5.74) is 4.41. The number of benzene rings is 4. The van der Waals surface area contributed by atoms with Crippen molar-refractivity contribution in [2.45, 2.75) is 20.1 Å². The van der Waals surface area contributed by atoms with Crippen molar-refractivity contribution in [3.63, 3.8) is 0 Å². The van der Waals surface area contributed by atoms with Crippen molar-refractivity contribution in [1.82, 2.24) is 0 Å². The van der Waals surface area contributed by atoms with Crippen LogP contribution in [0.3, 0.4) is 0 Å². The van der Waals surface area contributed by atoms with Crippen LogP contribution in [0, 0.1) is 18.3 Å². The van der Waals surface area contributed by atoms with Crippen LogP contribution in [0.4, 0.5) is 5.69 Å². The fourth-order valence-electron chi connectivity index (χ4n) is 3.63. The van der Waals surface area contributed by atoms with Gasteiger partial charge in [0.05, 0.1) is 7.11 Å². The van der Waals surface area contributed by atoms with Gasteiger partial charge in [0.15, 0.2) is 11.5 Å².